The zero-order valence-corrected chi connectivity index (χ0v) is 14.8. The van der Waals surface area contributed by atoms with Crippen LogP contribution in [0.4, 0.5) is 45.5 Å². The Kier molecular flexibility index (Phi) is 4.98. The second-order valence-electron chi connectivity index (χ2n) is 6.01. The Labute approximate surface area is 156 Å². The van der Waals surface area contributed by atoms with Crippen molar-refractivity contribution >= 4 is 45.5 Å². The van der Waals surface area contributed by atoms with Gasteiger partial charge >= 0.3 is 0 Å². The van der Waals surface area contributed by atoms with Crippen molar-refractivity contribution in [2.75, 3.05) is 22.9 Å². The van der Waals surface area contributed by atoms with E-state index in [2.05, 4.69) is 20.5 Å². The second-order valence-corrected chi connectivity index (χ2v) is 6.01. The van der Waals surface area contributed by atoms with E-state index in [1.807, 2.05) is 19.1 Å². The monoisotopic (exact) mass is 360 g/mol. The van der Waals surface area contributed by atoms with Gasteiger partial charge < -0.3 is 22.9 Å². The summed E-state index contributed by atoms with van der Waals surface area (Å²) >= 11 is 0. The number of rotatable bonds is 4. The lowest BCUT2D eigenvalue weighted by molar-refractivity contribution is 1.19. The van der Waals surface area contributed by atoms with Gasteiger partial charge in [-0.1, -0.05) is 6.07 Å². The lowest BCUT2D eigenvalue weighted by Gasteiger charge is -2.03. The Morgan fingerprint density at radius 1 is 0.556 bits per heavy atom. The van der Waals surface area contributed by atoms with Crippen LogP contribution in [0.1, 0.15) is 5.56 Å². The highest BCUT2D eigenvalue weighted by molar-refractivity contribution is 5.68. The molecule has 3 aromatic carbocycles. The minimum absolute atomic E-state index is 0.463. The van der Waals surface area contributed by atoms with E-state index >= 15 is 0 Å². The van der Waals surface area contributed by atoms with E-state index in [0.29, 0.717) is 45.5 Å². The van der Waals surface area contributed by atoms with Crippen molar-refractivity contribution in [3.8, 4) is 0 Å². The first-order chi connectivity index (χ1) is 12.9. The molecule has 27 heavy (non-hydrogen) atoms. The summed E-state index contributed by atoms with van der Waals surface area (Å²) in [5.41, 5.74) is 28.6. The van der Waals surface area contributed by atoms with Crippen molar-refractivity contribution in [3.05, 3.63) is 60.2 Å². The summed E-state index contributed by atoms with van der Waals surface area (Å²) in [5, 5.41) is 16.9. The van der Waals surface area contributed by atoms with Gasteiger partial charge in [0.15, 0.2) is 0 Å². The molecule has 0 aliphatic carbocycles. The molecule has 8 N–H and O–H groups in total. The average molecular weight is 360 g/mol. The molecule has 0 aliphatic rings. The summed E-state index contributed by atoms with van der Waals surface area (Å²) in [5.74, 6) is 0. The fraction of sp³-hybridized carbons (Fsp3) is 0.0526. The SMILES string of the molecule is Cc1ccc(N=Nc2ccc(N)cc2N)cc1N=Nc1ccc(N)cc1N. The summed E-state index contributed by atoms with van der Waals surface area (Å²) in [6.45, 7) is 1.93. The van der Waals surface area contributed by atoms with E-state index in [4.69, 9.17) is 22.9 Å². The molecule has 0 aliphatic heterocycles. The first-order valence-electron chi connectivity index (χ1n) is 8.16. The van der Waals surface area contributed by atoms with Crippen LogP contribution >= 0.6 is 0 Å². The number of nitrogens with zero attached hydrogens (tertiary/aromatic N) is 4. The third-order valence-electron chi connectivity index (χ3n) is 3.83. The maximum Gasteiger partial charge on any atom is 0.109 e. The maximum absolute atomic E-state index is 5.90. The van der Waals surface area contributed by atoms with Gasteiger partial charge in [-0.15, -0.1) is 10.2 Å². The van der Waals surface area contributed by atoms with E-state index in [9.17, 15) is 0 Å². The number of nitrogens with two attached hydrogens (primary N) is 4. The highest BCUT2D eigenvalue weighted by atomic mass is 15.1. The van der Waals surface area contributed by atoms with E-state index < -0.39 is 0 Å². The van der Waals surface area contributed by atoms with Gasteiger partial charge in [-0.2, -0.15) is 10.2 Å². The Morgan fingerprint density at radius 2 is 1.07 bits per heavy atom. The van der Waals surface area contributed by atoms with Gasteiger partial charge in [-0.25, -0.2) is 0 Å². The average Bonchev–Trinajstić information content (AvgIpc) is 2.62. The smallest absolute Gasteiger partial charge is 0.109 e. The molecule has 8 nitrogen and oxygen atoms in total. The van der Waals surface area contributed by atoms with Crippen LogP contribution in [0.5, 0.6) is 0 Å². The van der Waals surface area contributed by atoms with Crippen molar-refractivity contribution in [2.24, 2.45) is 20.5 Å². The van der Waals surface area contributed by atoms with Gasteiger partial charge in [0.05, 0.1) is 22.7 Å². The van der Waals surface area contributed by atoms with Crippen molar-refractivity contribution in [1.82, 2.24) is 0 Å². The first-order valence-corrected chi connectivity index (χ1v) is 8.16. The maximum atomic E-state index is 5.90. The van der Waals surface area contributed by atoms with Crippen LogP contribution in [0, 0.1) is 6.92 Å². The van der Waals surface area contributed by atoms with E-state index in [-0.39, 0.29) is 0 Å². The minimum atomic E-state index is 0.463. The molecule has 0 aromatic heterocycles. The fourth-order valence-electron chi connectivity index (χ4n) is 2.32. The standard InChI is InChI=1S/C19H20N8/c1-11-2-5-14(24-25-17-6-3-12(20)8-15(17)22)10-19(11)27-26-18-7-4-13(21)9-16(18)23/h2-10H,20-23H2,1H3. The van der Waals surface area contributed by atoms with Crippen LogP contribution in [0.15, 0.2) is 75.1 Å². The molecule has 3 rings (SSSR count). The van der Waals surface area contributed by atoms with Gasteiger partial charge in [-0.3, -0.25) is 0 Å². The molecule has 0 radical (unpaired) electrons. The van der Waals surface area contributed by atoms with Crippen LogP contribution in [-0.2, 0) is 0 Å². The summed E-state index contributed by atoms with van der Waals surface area (Å²) in [6, 6.07) is 15.7. The molecule has 0 heterocycles. The number of hydrogen-bond donors (Lipinski definition) is 4. The highest BCUT2D eigenvalue weighted by Gasteiger charge is 2.03. The van der Waals surface area contributed by atoms with Crippen LogP contribution in [-0.4, -0.2) is 0 Å². The molecule has 0 saturated heterocycles. The molecule has 0 amide bonds. The summed E-state index contributed by atoms with van der Waals surface area (Å²) < 4.78 is 0. The van der Waals surface area contributed by atoms with Gasteiger partial charge in [-0.05, 0) is 61.0 Å². The first kappa shape index (κ1) is 17.9. The summed E-state index contributed by atoms with van der Waals surface area (Å²) in [7, 11) is 0. The number of anilines is 4. The molecule has 136 valence electrons. The van der Waals surface area contributed by atoms with Gasteiger partial charge in [0, 0.05) is 11.4 Å². The minimum Gasteiger partial charge on any atom is -0.399 e. The number of hydrogen-bond acceptors (Lipinski definition) is 8. The molecular weight excluding hydrogens is 340 g/mol. The molecule has 0 spiro atoms. The van der Waals surface area contributed by atoms with Crippen LogP contribution in [0.3, 0.4) is 0 Å². The topological polar surface area (TPSA) is 154 Å². The second kappa shape index (κ2) is 7.52. The Hall–Kier alpha value is -3.94. The van der Waals surface area contributed by atoms with Crippen LogP contribution in [0.2, 0.25) is 0 Å². The molecule has 0 unspecified atom stereocenters. The Bertz CT molecular complexity index is 1040. The number of nitrogen functional groups attached to an aromatic ring is 4. The molecule has 0 bridgehead atoms. The summed E-state index contributed by atoms with van der Waals surface area (Å²) in [6.07, 6.45) is 0. The fourth-order valence-corrected chi connectivity index (χ4v) is 2.32. The van der Waals surface area contributed by atoms with Crippen LogP contribution in [0.25, 0.3) is 0 Å². The predicted molar refractivity (Wildman–Crippen MR) is 110 cm³/mol. The third kappa shape index (κ3) is 4.37. The van der Waals surface area contributed by atoms with Gasteiger partial charge in [0.2, 0.25) is 0 Å². The van der Waals surface area contributed by atoms with Gasteiger partial charge in [0.25, 0.3) is 0 Å². The van der Waals surface area contributed by atoms with Gasteiger partial charge in [0.1, 0.15) is 11.4 Å². The molecule has 3 aromatic rings. The van der Waals surface area contributed by atoms with E-state index in [1.54, 1.807) is 42.5 Å². The Morgan fingerprint density at radius 3 is 1.63 bits per heavy atom. The predicted octanol–water partition coefficient (Wildman–Crippen LogP) is 5.15. The highest BCUT2D eigenvalue weighted by Crippen LogP contribution is 2.31. The number of aryl methyl sites for hydroxylation is 1. The molecule has 0 fully saturated rings. The van der Waals surface area contributed by atoms with Crippen molar-refractivity contribution in [2.45, 2.75) is 6.92 Å². The quantitative estimate of drug-likeness (QED) is 0.375. The van der Waals surface area contributed by atoms with Crippen molar-refractivity contribution in [1.29, 1.82) is 0 Å². The lowest BCUT2D eigenvalue weighted by atomic mass is 10.2. The van der Waals surface area contributed by atoms with Crippen molar-refractivity contribution in [3.63, 3.8) is 0 Å². The zero-order valence-electron chi connectivity index (χ0n) is 14.8. The summed E-state index contributed by atoms with van der Waals surface area (Å²) in [4.78, 5) is 0. The molecular formula is C19H20N8. The lowest BCUT2D eigenvalue weighted by Crippen LogP contribution is -1.89. The number of azo groups is 2. The normalized spacial score (nSPS) is 11.4. The molecule has 0 saturated carbocycles. The van der Waals surface area contributed by atoms with Crippen molar-refractivity contribution < 1.29 is 0 Å². The van der Waals surface area contributed by atoms with Crippen LogP contribution < -0.4 is 22.9 Å². The largest absolute Gasteiger partial charge is 0.399 e. The zero-order chi connectivity index (χ0) is 19.4. The molecule has 8 heteroatoms. The third-order valence-corrected chi connectivity index (χ3v) is 3.83. The Balaban J connectivity index is 1.85. The van der Waals surface area contributed by atoms with E-state index in [0.717, 1.165) is 5.56 Å². The molecule has 0 atom stereocenters. The number of benzene rings is 3. The van der Waals surface area contributed by atoms with E-state index in [1.165, 1.54) is 0 Å².